The number of rotatable bonds is 5. The molecular formula is C8H14N2OS2. The lowest BCUT2D eigenvalue weighted by Crippen LogP contribution is -2.28. The van der Waals surface area contributed by atoms with Crippen molar-refractivity contribution in [1.29, 1.82) is 0 Å². The average molecular weight is 218 g/mol. The number of hydrogen-bond acceptors (Lipinski definition) is 5. The quantitative estimate of drug-likeness (QED) is 0.781. The minimum Gasteiger partial charge on any atom is -0.384 e. The highest BCUT2D eigenvalue weighted by Crippen LogP contribution is 2.20. The monoisotopic (exact) mass is 218 g/mol. The SMILES string of the molecule is CSCC[C@@H](N)[C@H](O)c1nccs1. The van der Waals surface area contributed by atoms with Gasteiger partial charge in [-0.15, -0.1) is 11.3 Å². The Morgan fingerprint density at radius 3 is 3.08 bits per heavy atom. The van der Waals surface area contributed by atoms with Crippen LogP contribution in [0.15, 0.2) is 11.6 Å². The summed E-state index contributed by atoms with van der Waals surface area (Å²) in [6.07, 6.45) is 3.93. The van der Waals surface area contributed by atoms with E-state index in [0.717, 1.165) is 12.2 Å². The zero-order valence-corrected chi connectivity index (χ0v) is 9.14. The van der Waals surface area contributed by atoms with Gasteiger partial charge in [0, 0.05) is 17.6 Å². The van der Waals surface area contributed by atoms with E-state index in [1.54, 1.807) is 18.0 Å². The molecule has 3 nitrogen and oxygen atoms in total. The molecule has 0 aromatic carbocycles. The number of thiazole rings is 1. The van der Waals surface area contributed by atoms with Crippen LogP contribution in [0.3, 0.4) is 0 Å². The highest BCUT2D eigenvalue weighted by Gasteiger charge is 2.18. The van der Waals surface area contributed by atoms with Crippen LogP contribution < -0.4 is 5.73 Å². The van der Waals surface area contributed by atoms with Crippen LogP contribution in [0.2, 0.25) is 0 Å². The predicted octanol–water partition coefficient (Wildman–Crippen LogP) is 1.26. The molecule has 0 amide bonds. The van der Waals surface area contributed by atoms with Crippen molar-refractivity contribution in [1.82, 2.24) is 4.98 Å². The molecule has 1 aromatic rings. The van der Waals surface area contributed by atoms with E-state index >= 15 is 0 Å². The highest BCUT2D eigenvalue weighted by atomic mass is 32.2. The molecule has 74 valence electrons. The van der Waals surface area contributed by atoms with E-state index in [4.69, 9.17) is 5.73 Å². The minimum atomic E-state index is -0.604. The van der Waals surface area contributed by atoms with Crippen molar-refractivity contribution in [3.8, 4) is 0 Å². The number of aliphatic hydroxyl groups is 1. The molecule has 0 saturated carbocycles. The molecule has 0 saturated heterocycles. The molecule has 13 heavy (non-hydrogen) atoms. The Morgan fingerprint density at radius 1 is 1.77 bits per heavy atom. The summed E-state index contributed by atoms with van der Waals surface area (Å²) in [5.74, 6) is 0.976. The second-order valence-corrected chi connectivity index (χ2v) is 4.67. The largest absolute Gasteiger partial charge is 0.384 e. The fourth-order valence-corrected chi connectivity index (χ4v) is 2.18. The smallest absolute Gasteiger partial charge is 0.123 e. The summed E-state index contributed by atoms with van der Waals surface area (Å²) in [5, 5.41) is 12.3. The number of aromatic nitrogens is 1. The van der Waals surface area contributed by atoms with Gasteiger partial charge in [0.2, 0.25) is 0 Å². The number of nitrogens with zero attached hydrogens (tertiary/aromatic N) is 1. The van der Waals surface area contributed by atoms with E-state index in [-0.39, 0.29) is 6.04 Å². The van der Waals surface area contributed by atoms with E-state index in [2.05, 4.69) is 4.98 Å². The zero-order chi connectivity index (χ0) is 9.68. The first kappa shape index (κ1) is 11.0. The molecule has 0 aliphatic carbocycles. The molecule has 0 bridgehead atoms. The summed E-state index contributed by atoms with van der Waals surface area (Å²) in [6.45, 7) is 0. The van der Waals surface area contributed by atoms with Gasteiger partial charge in [0.25, 0.3) is 0 Å². The summed E-state index contributed by atoms with van der Waals surface area (Å²) in [6, 6.07) is -0.196. The van der Waals surface area contributed by atoms with E-state index < -0.39 is 6.10 Å². The third-order valence-electron chi connectivity index (χ3n) is 1.77. The van der Waals surface area contributed by atoms with Gasteiger partial charge in [-0.25, -0.2) is 4.98 Å². The summed E-state index contributed by atoms with van der Waals surface area (Å²) in [7, 11) is 0. The van der Waals surface area contributed by atoms with Gasteiger partial charge in [0.1, 0.15) is 11.1 Å². The fourth-order valence-electron chi connectivity index (χ4n) is 0.975. The first-order valence-corrected chi connectivity index (χ1v) is 6.35. The standard InChI is InChI=1S/C8H14N2OS2/c1-12-4-2-6(9)7(11)8-10-3-5-13-8/h3,5-7,11H,2,4,9H2,1H3/t6-,7+/m1/s1. The Kier molecular flexibility index (Phi) is 4.72. The van der Waals surface area contributed by atoms with E-state index in [0.29, 0.717) is 5.01 Å². The first-order chi connectivity index (χ1) is 6.25. The Labute approximate surface area is 86.4 Å². The number of thioether (sulfide) groups is 1. The molecule has 0 radical (unpaired) electrons. The summed E-state index contributed by atoms with van der Waals surface area (Å²) in [4.78, 5) is 4.03. The normalized spacial score (nSPS) is 15.6. The topological polar surface area (TPSA) is 59.1 Å². The van der Waals surface area contributed by atoms with Gasteiger partial charge in [0.15, 0.2) is 0 Å². The summed E-state index contributed by atoms with van der Waals surface area (Å²) >= 11 is 3.18. The zero-order valence-electron chi connectivity index (χ0n) is 7.51. The second kappa shape index (κ2) is 5.59. The molecule has 5 heteroatoms. The average Bonchev–Trinajstić information content (AvgIpc) is 2.65. The minimum absolute atomic E-state index is 0.196. The van der Waals surface area contributed by atoms with Gasteiger partial charge in [-0.05, 0) is 18.4 Å². The molecule has 0 aliphatic rings. The van der Waals surface area contributed by atoms with Crippen LogP contribution in [0, 0.1) is 0 Å². The number of nitrogens with two attached hydrogens (primary N) is 1. The van der Waals surface area contributed by atoms with Crippen LogP contribution in [-0.2, 0) is 0 Å². The number of hydrogen-bond donors (Lipinski definition) is 2. The summed E-state index contributed by atoms with van der Waals surface area (Å²) in [5.41, 5.74) is 5.80. The van der Waals surface area contributed by atoms with Crippen LogP contribution in [-0.4, -0.2) is 28.1 Å². The Hall–Kier alpha value is -0.100. The molecular weight excluding hydrogens is 204 g/mol. The van der Waals surface area contributed by atoms with Gasteiger partial charge < -0.3 is 10.8 Å². The molecule has 1 rings (SSSR count). The number of aliphatic hydroxyl groups excluding tert-OH is 1. The van der Waals surface area contributed by atoms with E-state index in [1.807, 2.05) is 11.6 Å². The molecule has 1 heterocycles. The summed E-state index contributed by atoms with van der Waals surface area (Å²) < 4.78 is 0. The van der Waals surface area contributed by atoms with E-state index in [9.17, 15) is 5.11 Å². The van der Waals surface area contributed by atoms with Crippen molar-refractivity contribution in [3.05, 3.63) is 16.6 Å². The molecule has 0 aliphatic heterocycles. The molecule has 1 aromatic heterocycles. The molecule has 0 unspecified atom stereocenters. The maximum atomic E-state index is 9.72. The van der Waals surface area contributed by atoms with Crippen molar-refractivity contribution in [2.24, 2.45) is 5.73 Å². The second-order valence-electron chi connectivity index (χ2n) is 2.76. The predicted molar refractivity (Wildman–Crippen MR) is 58.0 cm³/mol. The molecule has 0 fully saturated rings. The third-order valence-corrected chi connectivity index (χ3v) is 3.26. The van der Waals surface area contributed by atoms with Gasteiger partial charge in [-0.3, -0.25) is 0 Å². The molecule has 2 atom stereocenters. The highest BCUT2D eigenvalue weighted by molar-refractivity contribution is 7.98. The lowest BCUT2D eigenvalue weighted by atomic mass is 10.1. The Balaban J connectivity index is 2.43. The maximum absolute atomic E-state index is 9.72. The van der Waals surface area contributed by atoms with Crippen molar-refractivity contribution in [2.75, 3.05) is 12.0 Å². The van der Waals surface area contributed by atoms with Crippen molar-refractivity contribution in [3.63, 3.8) is 0 Å². The Bertz CT molecular complexity index is 228. The molecule has 0 spiro atoms. The fraction of sp³-hybridized carbons (Fsp3) is 0.625. The maximum Gasteiger partial charge on any atom is 0.123 e. The first-order valence-electron chi connectivity index (χ1n) is 4.07. The molecule has 3 N–H and O–H groups in total. The lowest BCUT2D eigenvalue weighted by molar-refractivity contribution is 0.144. The third kappa shape index (κ3) is 3.27. The van der Waals surface area contributed by atoms with Crippen LogP contribution in [0.25, 0.3) is 0 Å². The Morgan fingerprint density at radius 2 is 2.54 bits per heavy atom. The van der Waals surface area contributed by atoms with Gasteiger partial charge in [0.05, 0.1) is 0 Å². The van der Waals surface area contributed by atoms with Crippen LogP contribution in [0.1, 0.15) is 17.5 Å². The van der Waals surface area contributed by atoms with Crippen molar-refractivity contribution < 1.29 is 5.11 Å². The van der Waals surface area contributed by atoms with E-state index in [1.165, 1.54) is 11.3 Å². The van der Waals surface area contributed by atoms with Crippen molar-refractivity contribution >= 4 is 23.1 Å². The van der Waals surface area contributed by atoms with Crippen LogP contribution in [0.4, 0.5) is 0 Å². The van der Waals surface area contributed by atoms with Crippen molar-refractivity contribution in [2.45, 2.75) is 18.6 Å². The van der Waals surface area contributed by atoms with Gasteiger partial charge in [-0.1, -0.05) is 0 Å². The van der Waals surface area contributed by atoms with Crippen LogP contribution >= 0.6 is 23.1 Å². The van der Waals surface area contributed by atoms with Crippen LogP contribution in [0.5, 0.6) is 0 Å². The van der Waals surface area contributed by atoms with Gasteiger partial charge >= 0.3 is 0 Å². The van der Waals surface area contributed by atoms with Gasteiger partial charge in [-0.2, -0.15) is 11.8 Å². The lowest BCUT2D eigenvalue weighted by Gasteiger charge is -2.15.